The third-order valence-electron chi connectivity index (χ3n) is 15.2. The summed E-state index contributed by atoms with van der Waals surface area (Å²) in [6.07, 6.45) is 0. The summed E-state index contributed by atoms with van der Waals surface area (Å²) < 4.78 is 149. The van der Waals surface area contributed by atoms with Crippen LogP contribution < -0.4 is 26.2 Å². The van der Waals surface area contributed by atoms with Gasteiger partial charge in [-0.1, -0.05) is 200 Å². The third kappa shape index (κ3) is 6.74. The molecule has 0 amide bonds. The minimum absolute atomic E-state index is 0.0316. The Hall–Kier alpha value is -10.1. The van der Waals surface area contributed by atoms with E-state index in [1.807, 2.05) is 140 Å². The van der Waals surface area contributed by atoms with Gasteiger partial charge in [0.1, 0.15) is 0 Å². The molecule has 2 aliphatic rings. The Morgan fingerprint density at radius 2 is 0.584 bits per heavy atom. The topological polar surface area (TPSA) is 16.3 Å². The molecular formula is C72H47BN4. The monoisotopic (exact) mass is 994 g/mol. The van der Waals surface area contributed by atoms with Gasteiger partial charge in [0.2, 0.25) is 0 Å². The summed E-state index contributed by atoms with van der Waals surface area (Å²) in [6.45, 7) is -0.631. The van der Waals surface area contributed by atoms with Gasteiger partial charge >= 0.3 is 0 Å². The van der Waals surface area contributed by atoms with E-state index in [0.29, 0.717) is 22.7 Å². The fourth-order valence-electron chi connectivity index (χ4n) is 11.8. The molecule has 0 aliphatic carbocycles. The number of anilines is 6. The Balaban J connectivity index is 1.04. The maximum absolute atomic E-state index is 9.49. The number of rotatable bonds is 7. The summed E-state index contributed by atoms with van der Waals surface area (Å²) in [4.78, 5) is 4.34. The van der Waals surface area contributed by atoms with E-state index in [0.717, 1.165) is 72.5 Å². The van der Waals surface area contributed by atoms with E-state index >= 15 is 0 Å². The first-order valence-corrected chi connectivity index (χ1v) is 25.3. The van der Waals surface area contributed by atoms with Crippen LogP contribution in [0.2, 0.25) is 0 Å². The highest BCUT2D eigenvalue weighted by atomic mass is 15.2. The van der Waals surface area contributed by atoms with Crippen LogP contribution in [0.15, 0.2) is 285 Å². The highest BCUT2D eigenvalue weighted by Gasteiger charge is 2.44. The number of benzene rings is 12. The first kappa shape index (κ1) is 30.3. The molecule has 2 aromatic heterocycles. The Morgan fingerprint density at radius 3 is 0.948 bits per heavy atom. The quantitative estimate of drug-likeness (QED) is 0.148. The van der Waals surface area contributed by atoms with Crippen molar-refractivity contribution in [2.24, 2.45) is 0 Å². The van der Waals surface area contributed by atoms with Gasteiger partial charge < -0.3 is 18.9 Å². The van der Waals surface area contributed by atoms with Crippen LogP contribution in [0.3, 0.4) is 0 Å². The molecule has 0 unspecified atom stereocenters. The van der Waals surface area contributed by atoms with Crippen LogP contribution >= 0.6 is 0 Å². The van der Waals surface area contributed by atoms with Crippen LogP contribution in [-0.2, 0) is 0 Å². The van der Waals surface area contributed by atoms with Crippen molar-refractivity contribution in [3.63, 3.8) is 0 Å². The second kappa shape index (κ2) is 17.2. The molecule has 16 rings (SSSR count). The van der Waals surface area contributed by atoms with Crippen molar-refractivity contribution in [1.29, 1.82) is 0 Å². The van der Waals surface area contributed by atoms with E-state index in [4.69, 9.17) is 11.0 Å². The van der Waals surface area contributed by atoms with E-state index in [1.165, 1.54) is 9.13 Å². The Morgan fingerprint density at radius 1 is 0.273 bits per heavy atom. The van der Waals surface area contributed by atoms with Crippen LogP contribution in [0.4, 0.5) is 34.1 Å². The molecule has 0 bridgehead atoms. The zero-order chi connectivity index (χ0) is 64.5. The molecule has 0 spiro atoms. The number of hydrogen-bond donors (Lipinski definition) is 0. The van der Waals surface area contributed by atoms with Gasteiger partial charge in [0.25, 0.3) is 6.71 Å². The van der Waals surface area contributed by atoms with E-state index in [-0.39, 0.29) is 43.6 Å². The summed E-state index contributed by atoms with van der Waals surface area (Å²) in [5.74, 6) is 0. The molecule has 0 fully saturated rings. The fourth-order valence-corrected chi connectivity index (χ4v) is 11.8. The lowest BCUT2D eigenvalue weighted by atomic mass is 9.33. The summed E-state index contributed by atoms with van der Waals surface area (Å²) >= 11 is 0. The largest absolute Gasteiger partial charge is 0.311 e. The Bertz CT molecular complexity index is 5110. The van der Waals surface area contributed by atoms with Gasteiger partial charge in [-0.15, -0.1) is 0 Å². The van der Waals surface area contributed by atoms with Crippen LogP contribution in [-0.4, -0.2) is 15.8 Å². The average molecular weight is 995 g/mol. The fraction of sp³-hybridized carbons (Fsp3) is 0. The molecule has 0 saturated carbocycles. The lowest BCUT2D eigenvalue weighted by Crippen LogP contribution is -2.61. The lowest BCUT2D eigenvalue weighted by molar-refractivity contribution is 1.17. The van der Waals surface area contributed by atoms with Crippen LogP contribution in [0.25, 0.3) is 88.4 Å². The van der Waals surface area contributed by atoms with Gasteiger partial charge in [0, 0.05) is 67.0 Å². The Kier molecular flexibility index (Phi) is 6.79. The molecule has 77 heavy (non-hydrogen) atoms. The zero-order valence-electron chi connectivity index (χ0n) is 56.8. The van der Waals surface area contributed by atoms with E-state index in [2.05, 4.69) is 46.2 Å². The smallest absolute Gasteiger partial charge is 0.252 e. The number of hydrogen-bond acceptors (Lipinski definition) is 2. The molecule has 14 aromatic rings. The number of fused-ring (bicyclic) bond motifs is 10. The number of aromatic nitrogens is 2. The summed E-state index contributed by atoms with van der Waals surface area (Å²) in [7, 11) is 0. The molecule has 0 saturated heterocycles. The predicted molar refractivity (Wildman–Crippen MR) is 325 cm³/mol. The van der Waals surface area contributed by atoms with E-state index in [9.17, 15) is 11.0 Å². The molecule has 0 atom stereocenters. The van der Waals surface area contributed by atoms with Gasteiger partial charge in [0.15, 0.2) is 0 Å². The molecule has 2 aliphatic heterocycles. The minimum atomic E-state index is -0.631. The lowest BCUT2D eigenvalue weighted by Gasteiger charge is -2.44. The van der Waals surface area contributed by atoms with Crippen molar-refractivity contribution in [3.05, 3.63) is 285 Å². The van der Waals surface area contributed by atoms with Gasteiger partial charge in [-0.25, -0.2) is 0 Å². The molecule has 12 aromatic carbocycles. The summed E-state index contributed by atoms with van der Waals surface area (Å²) in [5.41, 5.74) is 12.8. The van der Waals surface area contributed by atoms with Gasteiger partial charge in [-0.05, 0) is 135 Å². The highest BCUT2D eigenvalue weighted by Crippen LogP contribution is 2.48. The SMILES string of the molecule is [2H]c1c([2H])c([2H])c2c(c1[2H])c1c([2H])c([2H])c([2H])c([2H])c1n2-c1ccc2c(c1)N(c1ccc(-c3ccccc3)cc1)c1cc(-c3ccccc3)cc3c1B2c1ccc(-n2c4c([2H])c([2H])c([2H])c([2H])c4c4c([2H])c([2H])c([2H])c([2H])c42)cc1N3c1ccc(-c2ccccc2)cc1. The number of para-hydroxylation sites is 4. The first-order chi connectivity index (χ1) is 44.9. The molecule has 0 N–H and O–H groups in total. The normalized spacial score (nSPS) is 15.5. The molecule has 5 heteroatoms. The van der Waals surface area contributed by atoms with Gasteiger partial charge in [-0.3, -0.25) is 0 Å². The third-order valence-corrected chi connectivity index (χ3v) is 15.2. The highest BCUT2D eigenvalue weighted by molar-refractivity contribution is 7.00. The predicted octanol–water partition coefficient (Wildman–Crippen LogP) is 17.0. The van der Waals surface area contributed by atoms with Crippen molar-refractivity contribution in [2.45, 2.75) is 0 Å². The molecule has 4 nitrogen and oxygen atoms in total. The summed E-state index contributed by atoms with van der Waals surface area (Å²) in [6, 6.07) is 54.1. The number of nitrogens with zero attached hydrogens (tertiary/aromatic N) is 4. The minimum Gasteiger partial charge on any atom is -0.311 e. The Labute approximate surface area is 469 Å². The second-order valence-corrected chi connectivity index (χ2v) is 19.3. The molecular weight excluding hydrogens is 932 g/mol. The van der Waals surface area contributed by atoms with E-state index in [1.54, 1.807) is 12.1 Å². The van der Waals surface area contributed by atoms with Crippen molar-refractivity contribution in [3.8, 4) is 44.8 Å². The second-order valence-electron chi connectivity index (χ2n) is 19.3. The summed E-state index contributed by atoms with van der Waals surface area (Å²) in [5, 5.41) is -0.223. The van der Waals surface area contributed by atoms with Crippen LogP contribution in [0, 0.1) is 0 Å². The molecule has 358 valence electrons. The maximum atomic E-state index is 9.49. The standard InChI is InChI=1S/C72H47BN4/c1-4-18-48(19-5-1)51-32-36-54(37-33-51)74-68-46-56(76-64-28-14-10-24-58(64)59-25-11-15-29-65(59)76)40-42-62(68)73-63-43-41-57(77-66-30-16-12-26-60(66)61-27-13-17-31-67(61)77)47-69(63)75(55-38-34-52(35-39-55)49-20-6-2-7-21-49)71-45-53(44-70(74)72(71)73)50-22-8-3-9-23-50/h1-47H/i10D,11D,12D,13D,14D,15D,16D,17D,24D,25D,26D,27D,28D,29D,30D,31D. The maximum Gasteiger partial charge on any atom is 0.252 e. The molecule has 4 heterocycles. The van der Waals surface area contributed by atoms with E-state index < -0.39 is 103 Å². The van der Waals surface area contributed by atoms with Crippen LogP contribution in [0.5, 0.6) is 0 Å². The van der Waals surface area contributed by atoms with Crippen molar-refractivity contribution >= 4 is 101 Å². The first-order valence-electron chi connectivity index (χ1n) is 33.3. The van der Waals surface area contributed by atoms with Gasteiger partial charge in [0.05, 0.1) is 44.0 Å². The average Bonchev–Trinajstić information content (AvgIpc) is 1.58. The molecule has 0 radical (unpaired) electrons. The van der Waals surface area contributed by atoms with Gasteiger partial charge in [-0.2, -0.15) is 0 Å². The van der Waals surface area contributed by atoms with Crippen molar-refractivity contribution in [1.82, 2.24) is 9.13 Å². The van der Waals surface area contributed by atoms with Crippen molar-refractivity contribution < 1.29 is 21.9 Å². The van der Waals surface area contributed by atoms with Crippen molar-refractivity contribution in [2.75, 3.05) is 9.80 Å². The van der Waals surface area contributed by atoms with Crippen LogP contribution in [0.1, 0.15) is 21.9 Å². The zero-order valence-corrected chi connectivity index (χ0v) is 40.8.